The predicted molar refractivity (Wildman–Crippen MR) is 404 cm³/mol. The van der Waals surface area contributed by atoms with Crippen molar-refractivity contribution in [1.82, 2.24) is 0 Å². The Bertz CT molecular complexity index is 1940. The molecule has 0 fully saturated rings. The molecule has 0 aromatic heterocycles. The molecule has 0 aromatic rings. The van der Waals surface area contributed by atoms with E-state index in [0.717, 1.165) is 120 Å². The maximum Gasteiger partial charge on any atom is 0.472 e. The number of ether oxygens (including phenoxy) is 4. The Morgan fingerprint density at radius 3 is 0.717 bits per heavy atom. The Hall–Kier alpha value is -1.94. The van der Waals surface area contributed by atoms with E-state index in [0.29, 0.717) is 25.7 Å². The molecule has 588 valence electrons. The fraction of sp³-hybridized carbons (Fsp3) is 0.950. The number of phosphoric ester groups is 2. The number of rotatable bonds is 77. The van der Waals surface area contributed by atoms with Gasteiger partial charge in [-0.15, -0.1) is 0 Å². The highest BCUT2D eigenvalue weighted by atomic mass is 31.2. The molecule has 7 atom stereocenters. The van der Waals surface area contributed by atoms with Crippen LogP contribution in [0.1, 0.15) is 409 Å². The Kier molecular flexibility index (Phi) is 67.8. The number of carbonyl (C=O) groups is 4. The Morgan fingerprint density at radius 2 is 0.485 bits per heavy atom. The first-order chi connectivity index (χ1) is 47.7. The van der Waals surface area contributed by atoms with Gasteiger partial charge in [0.1, 0.15) is 19.3 Å². The second-order valence-corrected chi connectivity index (χ2v) is 33.1. The maximum atomic E-state index is 13.1. The molecule has 0 spiro atoms. The third-order valence-electron chi connectivity index (χ3n) is 19.3. The number of esters is 4. The van der Waals surface area contributed by atoms with Crippen LogP contribution in [-0.2, 0) is 65.4 Å². The van der Waals surface area contributed by atoms with Crippen LogP contribution in [0.5, 0.6) is 0 Å². The molecule has 0 amide bonds. The van der Waals surface area contributed by atoms with Gasteiger partial charge in [0.2, 0.25) is 0 Å². The zero-order valence-electron chi connectivity index (χ0n) is 65.1. The summed E-state index contributed by atoms with van der Waals surface area (Å²) >= 11 is 0. The zero-order valence-corrected chi connectivity index (χ0v) is 66.9. The molecule has 0 aliphatic rings. The summed E-state index contributed by atoms with van der Waals surface area (Å²) in [6, 6.07) is 0. The minimum Gasteiger partial charge on any atom is -0.462 e. The average Bonchev–Trinajstić information content (AvgIpc) is 1.16. The molecule has 0 aromatic carbocycles. The van der Waals surface area contributed by atoms with Gasteiger partial charge in [0, 0.05) is 25.7 Å². The molecule has 0 aliphatic carbocycles. The number of unbranched alkanes of at least 4 members (excludes halogenated alkanes) is 41. The first-order valence-electron chi connectivity index (χ1n) is 41.3. The molecule has 0 bridgehead atoms. The third-order valence-corrected chi connectivity index (χ3v) is 21.2. The lowest BCUT2D eigenvalue weighted by Gasteiger charge is -2.21. The van der Waals surface area contributed by atoms with Gasteiger partial charge < -0.3 is 33.8 Å². The van der Waals surface area contributed by atoms with Crippen LogP contribution in [0.2, 0.25) is 0 Å². The minimum atomic E-state index is -4.96. The largest absolute Gasteiger partial charge is 0.472 e. The molecule has 19 heteroatoms. The van der Waals surface area contributed by atoms with E-state index >= 15 is 0 Å². The summed E-state index contributed by atoms with van der Waals surface area (Å²) in [5, 5.41) is 10.6. The van der Waals surface area contributed by atoms with Gasteiger partial charge >= 0.3 is 39.5 Å². The van der Waals surface area contributed by atoms with Crippen molar-refractivity contribution < 1.29 is 80.2 Å². The average molecular weight is 1450 g/mol. The lowest BCUT2D eigenvalue weighted by atomic mass is 9.99. The van der Waals surface area contributed by atoms with Crippen molar-refractivity contribution in [2.24, 2.45) is 23.7 Å². The van der Waals surface area contributed by atoms with Crippen LogP contribution in [0.4, 0.5) is 0 Å². The second-order valence-electron chi connectivity index (χ2n) is 30.2. The van der Waals surface area contributed by atoms with Crippen LogP contribution < -0.4 is 0 Å². The highest BCUT2D eigenvalue weighted by molar-refractivity contribution is 7.47. The lowest BCUT2D eigenvalue weighted by molar-refractivity contribution is -0.161. The van der Waals surface area contributed by atoms with Crippen molar-refractivity contribution >= 4 is 39.5 Å². The molecular formula is C80H156O17P2. The molecule has 0 aliphatic heterocycles. The summed E-state index contributed by atoms with van der Waals surface area (Å²) in [6.07, 6.45) is 55.7. The molecule has 17 nitrogen and oxygen atoms in total. The monoisotopic (exact) mass is 1450 g/mol. The van der Waals surface area contributed by atoms with E-state index in [-0.39, 0.29) is 25.7 Å². The van der Waals surface area contributed by atoms with E-state index in [1.54, 1.807) is 0 Å². The van der Waals surface area contributed by atoms with Crippen molar-refractivity contribution in [3.63, 3.8) is 0 Å². The molecule has 0 heterocycles. The number of hydrogen-bond acceptors (Lipinski definition) is 15. The Morgan fingerprint density at radius 1 is 0.283 bits per heavy atom. The smallest absolute Gasteiger partial charge is 0.462 e. The zero-order chi connectivity index (χ0) is 73.1. The predicted octanol–water partition coefficient (Wildman–Crippen LogP) is 23.6. The van der Waals surface area contributed by atoms with Crippen LogP contribution >= 0.6 is 15.6 Å². The summed E-state index contributed by atoms with van der Waals surface area (Å²) in [6.45, 7) is 14.2. The highest BCUT2D eigenvalue weighted by Gasteiger charge is 2.30. The maximum absolute atomic E-state index is 13.1. The van der Waals surface area contributed by atoms with E-state index < -0.39 is 97.5 Å². The van der Waals surface area contributed by atoms with Gasteiger partial charge in [0.25, 0.3) is 0 Å². The van der Waals surface area contributed by atoms with Crippen molar-refractivity contribution in [3.8, 4) is 0 Å². The minimum absolute atomic E-state index is 0.103. The molecular weight excluding hydrogens is 1290 g/mol. The first kappa shape index (κ1) is 97.1. The standard InChI is InChI=1S/C80H156O17P2/c1-9-72(7)58-50-42-34-27-23-19-15-13-11-12-14-16-20-25-29-36-46-54-62-79(84)96-75(66-90-77(82)60-52-44-35-28-24-21-17-18-22-26-32-40-48-56-70(3)4)68-94-98(86,87)92-64-74(81)65-93-99(88,89)95-69-76(67-91-78(83)61-53-45-39-38-43-51-59-73(8)10-2)97-80(85)63-55-47-37-31-30-33-41-49-57-71(5)6/h70-76,81H,9-69H2,1-8H3,(H,86,87)(H,88,89)/t72?,73?,74-,75-,76-/m1/s1. The Labute approximate surface area is 607 Å². The first-order valence-corrected chi connectivity index (χ1v) is 44.3. The number of hydrogen-bond donors (Lipinski definition) is 3. The van der Waals surface area contributed by atoms with Crippen molar-refractivity contribution in [2.75, 3.05) is 39.6 Å². The summed E-state index contributed by atoms with van der Waals surface area (Å²) in [7, 11) is -9.92. The third kappa shape index (κ3) is 71.5. The van der Waals surface area contributed by atoms with Crippen LogP contribution in [0.3, 0.4) is 0 Å². The van der Waals surface area contributed by atoms with Gasteiger partial charge in [-0.2, -0.15) is 0 Å². The van der Waals surface area contributed by atoms with Gasteiger partial charge in [-0.25, -0.2) is 9.13 Å². The number of aliphatic hydroxyl groups excluding tert-OH is 1. The van der Waals surface area contributed by atoms with E-state index in [2.05, 4.69) is 55.4 Å². The molecule has 0 radical (unpaired) electrons. The number of aliphatic hydroxyl groups is 1. The van der Waals surface area contributed by atoms with Crippen LogP contribution in [0.15, 0.2) is 0 Å². The van der Waals surface area contributed by atoms with E-state index in [9.17, 15) is 43.2 Å². The summed E-state index contributed by atoms with van der Waals surface area (Å²) < 4.78 is 68.6. The normalized spacial score (nSPS) is 14.6. The molecule has 3 N–H and O–H groups in total. The van der Waals surface area contributed by atoms with E-state index in [1.807, 2.05) is 0 Å². The number of phosphoric acid groups is 2. The molecule has 0 saturated carbocycles. The van der Waals surface area contributed by atoms with Crippen molar-refractivity contribution in [3.05, 3.63) is 0 Å². The van der Waals surface area contributed by atoms with Crippen LogP contribution in [-0.4, -0.2) is 96.7 Å². The lowest BCUT2D eigenvalue weighted by Crippen LogP contribution is -2.30. The summed E-state index contributed by atoms with van der Waals surface area (Å²) in [5.41, 5.74) is 0. The SMILES string of the molecule is CCC(C)CCCCCCCCCCCCCCCCCCCCC(=O)O[C@H](COC(=O)CCCCCCCCCCCCCCCC(C)C)COP(=O)(O)OC[C@@H](O)COP(=O)(O)OC[C@@H](COC(=O)CCCCCCCCC(C)CC)OC(=O)CCCCCCCCCCC(C)C. The molecule has 99 heavy (non-hydrogen) atoms. The fourth-order valence-corrected chi connectivity index (χ4v) is 13.8. The topological polar surface area (TPSA) is 237 Å². The molecule has 0 saturated heterocycles. The van der Waals surface area contributed by atoms with Crippen LogP contribution in [0, 0.1) is 23.7 Å². The quantitative estimate of drug-likeness (QED) is 0.0222. The van der Waals surface area contributed by atoms with Gasteiger partial charge in [-0.05, 0) is 49.4 Å². The van der Waals surface area contributed by atoms with Crippen molar-refractivity contribution in [2.45, 2.75) is 427 Å². The highest BCUT2D eigenvalue weighted by Crippen LogP contribution is 2.45. The summed E-state index contributed by atoms with van der Waals surface area (Å²) in [5.74, 6) is 0.992. The number of carbonyl (C=O) groups excluding carboxylic acids is 4. The van der Waals surface area contributed by atoms with Gasteiger partial charge in [-0.1, -0.05) is 357 Å². The molecule has 0 rings (SSSR count). The Balaban J connectivity index is 5.21. The second kappa shape index (κ2) is 69.1. The van der Waals surface area contributed by atoms with Crippen LogP contribution in [0.25, 0.3) is 0 Å². The van der Waals surface area contributed by atoms with Crippen molar-refractivity contribution in [1.29, 1.82) is 0 Å². The van der Waals surface area contributed by atoms with E-state index in [4.69, 9.17) is 37.0 Å². The fourth-order valence-electron chi connectivity index (χ4n) is 12.2. The van der Waals surface area contributed by atoms with Gasteiger partial charge in [-0.3, -0.25) is 37.3 Å². The van der Waals surface area contributed by atoms with E-state index in [1.165, 1.54) is 205 Å². The molecule has 4 unspecified atom stereocenters. The summed E-state index contributed by atoms with van der Waals surface area (Å²) in [4.78, 5) is 72.9. The van der Waals surface area contributed by atoms with Gasteiger partial charge in [0.15, 0.2) is 12.2 Å². The van der Waals surface area contributed by atoms with Gasteiger partial charge in [0.05, 0.1) is 26.4 Å².